The van der Waals surface area contributed by atoms with Crippen molar-refractivity contribution in [2.45, 2.75) is 0 Å². The molecule has 0 unspecified atom stereocenters. The van der Waals surface area contributed by atoms with Crippen LogP contribution in [0.3, 0.4) is 0 Å². The minimum atomic E-state index is -1.28. The SMILES string of the molecule is O=C(O)/C(=N\N=C(/C(=O)O)c1ccccc1)c1ccccc1. The van der Waals surface area contributed by atoms with Crippen LogP contribution in [0.1, 0.15) is 11.1 Å². The Balaban J connectivity index is 2.47. The summed E-state index contributed by atoms with van der Waals surface area (Å²) in [5.74, 6) is -2.57. The predicted molar refractivity (Wildman–Crippen MR) is 81.2 cm³/mol. The quantitative estimate of drug-likeness (QED) is 0.651. The van der Waals surface area contributed by atoms with Gasteiger partial charge in [-0.05, 0) is 0 Å². The normalized spacial score (nSPS) is 12.0. The zero-order chi connectivity index (χ0) is 15.9. The summed E-state index contributed by atoms with van der Waals surface area (Å²) in [6.07, 6.45) is 0. The summed E-state index contributed by atoms with van der Waals surface area (Å²) in [6, 6.07) is 16.4. The van der Waals surface area contributed by atoms with Crippen LogP contribution in [-0.4, -0.2) is 33.6 Å². The van der Waals surface area contributed by atoms with Crippen molar-refractivity contribution in [3.8, 4) is 0 Å². The van der Waals surface area contributed by atoms with E-state index in [1.165, 1.54) is 0 Å². The summed E-state index contributed by atoms with van der Waals surface area (Å²) in [5.41, 5.74) is 0.0404. The predicted octanol–water partition coefficient (Wildman–Crippen LogP) is 2.05. The summed E-state index contributed by atoms with van der Waals surface area (Å²) in [5, 5.41) is 25.6. The van der Waals surface area contributed by atoms with E-state index in [2.05, 4.69) is 10.2 Å². The second-order valence-electron chi connectivity index (χ2n) is 4.24. The standard InChI is InChI=1S/C16H12N2O4/c19-15(20)13(11-7-3-1-4-8-11)17-18-14(16(21)22)12-9-5-2-6-10-12/h1-10H,(H,19,20)(H,21,22)/b17-13-,18-14-. The summed E-state index contributed by atoms with van der Waals surface area (Å²) >= 11 is 0. The maximum atomic E-state index is 11.3. The molecule has 2 N–H and O–H groups in total. The van der Waals surface area contributed by atoms with Crippen LogP contribution < -0.4 is 0 Å². The minimum Gasteiger partial charge on any atom is -0.476 e. The lowest BCUT2D eigenvalue weighted by Crippen LogP contribution is -2.17. The highest BCUT2D eigenvalue weighted by atomic mass is 16.4. The van der Waals surface area contributed by atoms with E-state index < -0.39 is 11.9 Å². The highest BCUT2D eigenvalue weighted by molar-refractivity contribution is 6.44. The monoisotopic (exact) mass is 296 g/mol. The van der Waals surface area contributed by atoms with Crippen LogP contribution in [-0.2, 0) is 9.59 Å². The Morgan fingerprint density at radius 3 is 1.23 bits per heavy atom. The van der Waals surface area contributed by atoms with Crippen molar-refractivity contribution in [3.63, 3.8) is 0 Å². The Bertz CT molecular complexity index is 672. The van der Waals surface area contributed by atoms with Crippen LogP contribution in [0.25, 0.3) is 0 Å². The van der Waals surface area contributed by atoms with Crippen LogP contribution in [0.15, 0.2) is 70.9 Å². The summed E-state index contributed by atoms with van der Waals surface area (Å²) in [7, 11) is 0. The van der Waals surface area contributed by atoms with Gasteiger partial charge in [-0.15, -0.1) is 10.2 Å². The smallest absolute Gasteiger partial charge is 0.357 e. The Morgan fingerprint density at radius 2 is 0.955 bits per heavy atom. The Hall–Kier alpha value is -3.28. The first-order valence-electron chi connectivity index (χ1n) is 6.32. The van der Waals surface area contributed by atoms with Crippen molar-refractivity contribution in [2.75, 3.05) is 0 Å². The van der Waals surface area contributed by atoms with Crippen molar-refractivity contribution in [2.24, 2.45) is 10.2 Å². The van der Waals surface area contributed by atoms with Gasteiger partial charge in [0.1, 0.15) is 0 Å². The Morgan fingerprint density at radius 1 is 0.636 bits per heavy atom. The third-order valence-electron chi connectivity index (χ3n) is 2.75. The van der Waals surface area contributed by atoms with Crippen LogP contribution >= 0.6 is 0 Å². The van der Waals surface area contributed by atoms with Gasteiger partial charge in [-0.2, -0.15) is 0 Å². The number of nitrogens with zero attached hydrogens (tertiary/aromatic N) is 2. The van der Waals surface area contributed by atoms with Crippen LogP contribution in [0.4, 0.5) is 0 Å². The highest BCUT2D eigenvalue weighted by Crippen LogP contribution is 2.05. The summed E-state index contributed by atoms with van der Waals surface area (Å²) in [4.78, 5) is 22.5. The summed E-state index contributed by atoms with van der Waals surface area (Å²) in [6.45, 7) is 0. The van der Waals surface area contributed by atoms with Gasteiger partial charge in [0.05, 0.1) is 0 Å². The fourth-order valence-electron chi connectivity index (χ4n) is 1.74. The topological polar surface area (TPSA) is 99.3 Å². The molecule has 22 heavy (non-hydrogen) atoms. The highest BCUT2D eigenvalue weighted by Gasteiger charge is 2.15. The van der Waals surface area contributed by atoms with Gasteiger partial charge in [-0.25, -0.2) is 9.59 Å². The number of hydrogen-bond acceptors (Lipinski definition) is 4. The molecule has 0 heterocycles. The lowest BCUT2D eigenvalue weighted by molar-refractivity contribution is -0.130. The third kappa shape index (κ3) is 3.63. The first kappa shape index (κ1) is 15.1. The van der Waals surface area contributed by atoms with E-state index in [1.807, 2.05) is 0 Å². The van der Waals surface area contributed by atoms with E-state index in [0.29, 0.717) is 11.1 Å². The number of aliphatic carboxylic acids is 2. The lowest BCUT2D eigenvalue weighted by atomic mass is 10.1. The van der Waals surface area contributed by atoms with E-state index in [1.54, 1.807) is 60.7 Å². The van der Waals surface area contributed by atoms with Gasteiger partial charge >= 0.3 is 11.9 Å². The molecule has 0 fully saturated rings. The first-order chi connectivity index (χ1) is 10.6. The molecule has 6 nitrogen and oxygen atoms in total. The van der Waals surface area contributed by atoms with Crippen molar-refractivity contribution >= 4 is 23.4 Å². The van der Waals surface area contributed by atoms with Gasteiger partial charge in [-0.3, -0.25) is 0 Å². The van der Waals surface area contributed by atoms with Gasteiger partial charge in [0.2, 0.25) is 0 Å². The van der Waals surface area contributed by atoms with Crippen LogP contribution in [0.5, 0.6) is 0 Å². The largest absolute Gasteiger partial charge is 0.476 e. The van der Waals surface area contributed by atoms with Crippen molar-refractivity contribution in [1.29, 1.82) is 0 Å². The molecule has 0 amide bonds. The van der Waals surface area contributed by atoms with Gasteiger partial charge in [0, 0.05) is 11.1 Å². The number of benzene rings is 2. The number of carboxylic acid groups (broad SMARTS) is 2. The van der Waals surface area contributed by atoms with E-state index in [0.717, 1.165) is 0 Å². The van der Waals surface area contributed by atoms with E-state index in [4.69, 9.17) is 0 Å². The maximum Gasteiger partial charge on any atom is 0.357 e. The van der Waals surface area contributed by atoms with Crippen molar-refractivity contribution in [1.82, 2.24) is 0 Å². The van der Waals surface area contributed by atoms with E-state index >= 15 is 0 Å². The second kappa shape index (κ2) is 6.94. The van der Waals surface area contributed by atoms with Crippen molar-refractivity contribution in [3.05, 3.63) is 71.8 Å². The molecule has 0 aromatic heterocycles. The molecule has 0 atom stereocenters. The van der Waals surface area contributed by atoms with E-state index in [9.17, 15) is 19.8 Å². The first-order valence-corrected chi connectivity index (χ1v) is 6.32. The lowest BCUT2D eigenvalue weighted by Gasteiger charge is -2.01. The molecule has 0 bridgehead atoms. The molecule has 0 radical (unpaired) electrons. The molecule has 0 saturated carbocycles. The fraction of sp³-hybridized carbons (Fsp3) is 0. The minimum absolute atomic E-state index is 0.324. The van der Waals surface area contributed by atoms with E-state index in [-0.39, 0.29) is 11.4 Å². The molecular formula is C16H12N2O4. The molecule has 2 aromatic carbocycles. The molecule has 110 valence electrons. The number of carboxylic acids is 2. The zero-order valence-electron chi connectivity index (χ0n) is 11.4. The molecule has 0 saturated heterocycles. The van der Waals surface area contributed by atoms with Gasteiger partial charge in [-0.1, -0.05) is 60.7 Å². The third-order valence-corrected chi connectivity index (χ3v) is 2.75. The number of carbonyl (C=O) groups is 2. The van der Waals surface area contributed by atoms with Gasteiger partial charge in [0.25, 0.3) is 0 Å². The van der Waals surface area contributed by atoms with Crippen LogP contribution in [0.2, 0.25) is 0 Å². The van der Waals surface area contributed by atoms with Gasteiger partial charge in [0.15, 0.2) is 11.4 Å². The number of rotatable bonds is 5. The average Bonchev–Trinajstić information content (AvgIpc) is 2.52. The maximum absolute atomic E-state index is 11.3. The molecule has 6 heteroatoms. The van der Waals surface area contributed by atoms with Gasteiger partial charge < -0.3 is 10.2 Å². The summed E-state index contributed by atoms with van der Waals surface area (Å²) < 4.78 is 0. The Labute approximate surface area is 126 Å². The molecule has 0 aliphatic carbocycles. The number of hydrogen-bond donors (Lipinski definition) is 2. The average molecular weight is 296 g/mol. The molecular weight excluding hydrogens is 284 g/mol. The zero-order valence-corrected chi connectivity index (χ0v) is 11.4. The molecule has 2 aromatic rings. The molecule has 2 rings (SSSR count). The van der Waals surface area contributed by atoms with Crippen molar-refractivity contribution < 1.29 is 19.8 Å². The molecule has 0 aliphatic heterocycles. The fourth-order valence-corrected chi connectivity index (χ4v) is 1.74. The molecule has 0 aliphatic rings. The second-order valence-corrected chi connectivity index (χ2v) is 4.24. The van der Waals surface area contributed by atoms with Crippen LogP contribution in [0, 0.1) is 0 Å². The molecule has 0 spiro atoms. The Kier molecular flexibility index (Phi) is 4.77.